The summed E-state index contributed by atoms with van der Waals surface area (Å²) in [5, 5.41) is 0. The van der Waals surface area contributed by atoms with Crippen LogP contribution in [0, 0.1) is 0 Å². The van der Waals surface area contributed by atoms with Crippen LogP contribution in [-0.2, 0) is 4.12 Å². The Bertz CT molecular complexity index is 189. The van der Waals surface area contributed by atoms with Gasteiger partial charge in [0.2, 0.25) is 8.32 Å². The van der Waals surface area contributed by atoms with E-state index in [4.69, 9.17) is 4.12 Å². The average Bonchev–Trinajstić information content (AvgIpc) is 1.82. The highest BCUT2D eigenvalue weighted by Crippen LogP contribution is 2.16. The predicted octanol–water partition coefficient (Wildman–Crippen LogP) is 3.64. The molecule has 0 aliphatic carbocycles. The lowest BCUT2D eigenvalue weighted by Crippen LogP contribution is -2.42. The van der Waals surface area contributed by atoms with Crippen LogP contribution >= 0.6 is 0 Å². The van der Waals surface area contributed by atoms with Crippen LogP contribution in [0.5, 0.6) is 0 Å². The first kappa shape index (κ1) is 12.9. The molecular weight excluding hydrogens is 192 g/mol. The number of rotatable bonds is 4. The lowest BCUT2D eigenvalue weighted by atomic mass is 10.8. The Morgan fingerprint density at radius 2 is 1.23 bits per heavy atom. The molecule has 0 saturated heterocycles. The zero-order valence-corrected chi connectivity index (χ0v) is 11.7. The first-order valence-corrected chi connectivity index (χ1v) is 10.8. The van der Waals surface area contributed by atoms with E-state index in [9.17, 15) is 0 Å². The second-order valence-corrected chi connectivity index (χ2v) is 12.5. The van der Waals surface area contributed by atoms with Crippen LogP contribution in [0.25, 0.3) is 0 Å². The molecule has 3 heteroatoms. The fourth-order valence-corrected chi connectivity index (χ4v) is 8.70. The number of hydrogen-bond donors (Lipinski definition) is 0. The van der Waals surface area contributed by atoms with Crippen molar-refractivity contribution in [2.45, 2.75) is 40.0 Å². The third-order valence-electron chi connectivity index (χ3n) is 1.52. The average molecular weight is 214 g/mol. The molecule has 0 fully saturated rings. The van der Waals surface area contributed by atoms with E-state index in [2.05, 4.69) is 63.6 Å². The highest BCUT2D eigenvalue weighted by atomic mass is 28.4. The van der Waals surface area contributed by atoms with Gasteiger partial charge in [-0.3, -0.25) is 0 Å². The summed E-state index contributed by atoms with van der Waals surface area (Å²) in [6.45, 7) is 13.1. The Labute approximate surface area is 84.8 Å². The van der Waals surface area contributed by atoms with E-state index < -0.39 is 16.6 Å². The minimum atomic E-state index is -1.68. The van der Waals surface area contributed by atoms with E-state index in [1.165, 1.54) is 0 Å². The SMILES string of the molecule is CC=C[Si](C)(C=CC)O[Si](C)(C)C. The summed E-state index contributed by atoms with van der Waals surface area (Å²) < 4.78 is 6.21. The fourth-order valence-electron chi connectivity index (χ4n) is 1.45. The van der Waals surface area contributed by atoms with Gasteiger partial charge in [-0.2, -0.15) is 0 Å². The topological polar surface area (TPSA) is 9.23 Å². The molecule has 0 rings (SSSR count). The molecule has 0 aromatic rings. The van der Waals surface area contributed by atoms with Crippen molar-refractivity contribution in [3.63, 3.8) is 0 Å². The summed E-state index contributed by atoms with van der Waals surface area (Å²) in [4.78, 5) is 0. The summed E-state index contributed by atoms with van der Waals surface area (Å²) in [6, 6.07) is 0. The largest absolute Gasteiger partial charge is 0.450 e. The Balaban J connectivity index is 4.61. The van der Waals surface area contributed by atoms with Crippen LogP contribution < -0.4 is 0 Å². The first-order valence-electron chi connectivity index (χ1n) is 4.81. The van der Waals surface area contributed by atoms with Gasteiger partial charge in [-0.25, -0.2) is 0 Å². The van der Waals surface area contributed by atoms with Gasteiger partial charge in [-0.15, -0.1) is 0 Å². The summed E-state index contributed by atoms with van der Waals surface area (Å²) in [6.07, 6.45) is 4.21. The summed E-state index contributed by atoms with van der Waals surface area (Å²) in [5.74, 6) is 0. The summed E-state index contributed by atoms with van der Waals surface area (Å²) in [5.41, 5.74) is 4.48. The molecule has 0 aromatic carbocycles. The van der Waals surface area contributed by atoms with Crippen molar-refractivity contribution < 1.29 is 4.12 Å². The molecule has 13 heavy (non-hydrogen) atoms. The van der Waals surface area contributed by atoms with Crippen molar-refractivity contribution in [1.29, 1.82) is 0 Å². The van der Waals surface area contributed by atoms with Crippen LogP contribution in [0.1, 0.15) is 13.8 Å². The van der Waals surface area contributed by atoms with Crippen molar-refractivity contribution in [2.75, 3.05) is 0 Å². The van der Waals surface area contributed by atoms with Gasteiger partial charge >= 0.3 is 0 Å². The fraction of sp³-hybridized carbons (Fsp3) is 0.600. The molecule has 0 N–H and O–H groups in total. The monoisotopic (exact) mass is 214 g/mol. The smallest absolute Gasteiger partial charge is 0.226 e. The van der Waals surface area contributed by atoms with Crippen molar-refractivity contribution in [3.8, 4) is 0 Å². The van der Waals surface area contributed by atoms with Gasteiger partial charge in [0, 0.05) is 0 Å². The van der Waals surface area contributed by atoms with E-state index in [1.807, 2.05) is 0 Å². The van der Waals surface area contributed by atoms with Crippen LogP contribution in [0.3, 0.4) is 0 Å². The zero-order valence-electron chi connectivity index (χ0n) is 9.72. The molecule has 0 spiro atoms. The molecule has 0 radical (unpaired) electrons. The summed E-state index contributed by atoms with van der Waals surface area (Å²) >= 11 is 0. The Kier molecular flexibility index (Phi) is 4.88. The van der Waals surface area contributed by atoms with Gasteiger partial charge in [0.15, 0.2) is 8.32 Å². The minimum Gasteiger partial charge on any atom is -0.450 e. The Morgan fingerprint density at radius 1 is 0.846 bits per heavy atom. The van der Waals surface area contributed by atoms with Gasteiger partial charge in [0.1, 0.15) is 0 Å². The molecule has 0 aliphatic heterocycles. The molecule has 76 valence electrons. The second-order valence-electron chi connectivity index (χ2n) is 4.40. The highest BCUT2D eigenvalue weighted by Gasteiger charge is 2.28. The number of hydrogen-bond acceptors (Lipinski definition) is 1. The third-order valence-corrected chi connectivity index (χ3v) is 7.72. The van der Waals surface area contributed by atoms with Gasteiger partial charge in [-0.1, -0.05) is 23.6 Å². The first-order chi connectivity index (χ1) is 5.83. The quantitative estimate of drug-likeness (QED) is 0.649. The maximum absolute atomic E-state index is 6.21. The lowest BCUT2D eigenvalue weighted by Gasteiger charge is -2.29. The highest BCUT2D eigenvalue weighted by molar-refractivity contribution is 6.90. The normalized spacial score (nSPS) is 18.3. The standard InChI is InChI=1S/C10H22OSi2/c1-7-9-13(6,10-8-2)11-12(3,4)5/h7-10H,1-6H3. The molecule has 0 amide bonds. The van der Waals surface area contributed by atoms with Crippen molar-refractivity contribution in [2.24, 2.45) is 0 Å². The molecule has 0 heterocycles. The molecule has 0 atom stereocenters. The van der Waals surface area contributed by atoms with Crippen molar-refractivity contribution in [1.82, 2.24) is 0 Å². The Morgan fingerprint density at radius 3 is 1.46 bits per heavy atom. The molecule has 1 nitrogen and oxygen atoms in total. The van der Waals surface area contributed by atoms with Gasteiger partial charge < -0.3 is 4.12 Å². The van der Waals surface area contributed by atoms with Crippen LogP contribution in [0.2, 0.25) is 26.2 Å². The van der Waals surface area contributed by atoms with E-state index in [0.717, 1.165) is 0 Å². The van der Waals surface area contributed by atoms with E-state index in [0.29, 0.717) is 0 Å². The van der Waals surface area contributed by atoms with Crippen LogP contribution in [0.4, 0.5) is 0 Å². The Hall–Kier alpha value is -0.126. The van der Waals surface area contributed by atoms with Crippen molar-refractivity contribution in [3.05, 3.63) is 23.6 Å². The molecule has 0 unspecified atom stereocenters. The second kappa shape index (κ2) is 4.93. The van der Waals surface area contributed by atoms with E-state index >= 15 is 0 Å². The molecule has 0 aliphatic rings. The van der Waals surface area contributed by atoms with Crippen LogP contribution in [-0.4, -0.2) is 16.6 Å². The molecule has 0 saturated carbocycles. The van der Waals surface area contributed by atoms with Crippen LogP contribution in [0.15, 0.2) is 23.6 Å². The third kappa shape index (κ3) is 6.01. The van der Waals surface area contributed by atoms with Gasteiger partial charge in [0.05, 0.1) is 0 Å². The minimum absolute atomic E-state index is 1.41. The number of allylic oxidation sites excluding steroid dienone is 2. The van der Waals surface area contributed by atoms with Crippen molar-refractivity contribution >= 4 is 16.6 Å². The van der Waals surface area contributed by atoms with Gasteiger partial charge in [-0.05, 0) is 40.0 Å². The predicted molar refractivity (Wildman–Crippen MR) is 65.7 cm³/mol. The molecule has 0 aromatic heterocycles. The van der Waals surface area contributed by atoms with E-state index in [1.54, 1.807) is 0 Å². The van der Waals surface area contributed by atoms with E-state index in [-0.39, 0.29) is 0 Å². The maximum Gasteiger partial charge on any atom is 0.226 e. The molecular formula is C10H22OSi2. The lowest BCUT2D eigenvalue weighted by molar-refractivity contribution is 0.570. The maximum atomic E-state index is 6.21. The zero-order chi connectivity index (χ0) is 10.5. The summed E-state index contributed by atoms with van der Waals surface area (Å²) in [7, 11) is -3.09. The van der Waals surface area contributed by atoms with Gasteiger partial charge in [0.25, 0.3) is 0 Å². The molecule has 0 bridgehead atoms.